The van der Waals surface area contributed by atoms with E-state index in [4.69, 9.17) is 20.6 Å². The van der Waals surface area contributed by atoms with Crippen LogP contribution in [-0.4, -0.2) is 57.2 Å². The number of nitrogen functional groups attached to an aromatic ring is 1. The van der Waals surface area contributed by atoms with E-state index in [0.717, 1.165) is 11.1 Å². The molecule has 1 amide bonds. The number of carbonyl (C=O) groups excluding carboxylic acids is 1. The van der Waals surface area contributed by atoms with E-state index in [1.807, 2.05) is 26.0 Å². The lowest BCUT2D eigenvalue weighted by Crippen LogP contribution is -2.31. The van der Waals surface area contributed by atoms with Crippen LogP contribution < -0.4 is 21.3 Å². The largest absolute Gasteiger partial charge is 0.504 e. The van der Waals surface area contributed by atoms with Crippen molar-refractivity contribution in [1.82, 2.24) is 39.4 Å². The molecule has 0 saturated carbocycles. The Morgan fingerprint density at radius 2 is 1.93 bits per heavy atom. The molecule has 0 saturated heterocycles. The summed E-state index contributed by atoms with van der Waals surface area (Å²) in [6, 6.07) is 12.3. The zero-order valence-corrected chi connectivity index (χ0v) is 25.3. The van der Waals surface area contributed by atoms with Crippen LogP contribution in [0.4, 0.5) is 5.82 Å². The molecule has 0 bridgehead atoms. The van der Waals surface area contributed by atoms with Gasteiger partial charge in [0.05, 0.1) is 22.8 Å². The van der Waals surface area contributed by atoms with Crippen LogP contribution in [0.3, 0.4) is 0 Å². The minimum absolute atomic E-state index is 0.0487. The van der Waals surface area contributed by atoms with Gasteiger partial charge in [-0.2, -0.15) is 9.77 Å². The zero-order valence-electron chi connectivity index (χ0n) is 25.3. The molecule has 46 heavy (non-hydrogen) atoms. The van der Waals surface area contributed by atoms with E-state index in [1.165, 1.54) is 17.9 Å². The van der Waals surface area contributed by atoms with Crippen molar-refractivity contribution in [3.8, 4) is 34.6 Å². The molecule has 0 spiro atoms. The third kappa shape index (κ3) is 4.86. The first-order chi connectivity index (χ1) is 22.1. The molecule has 7 rings (SSSR count). The van der Waals surface area contributed by atoms with Gasteiger partial charge in [-0.1, -0.05) is 17.9 Å². The minimum atomic E-state index is -0.522. The highest BCUT2D eigenvalue weighted by atomic mass is 16.5. The molecule has 1 aliphatic rings. The van der Waals surface area contributed by atoms with Crippen molar-refractivity contribution in [3.05, 3.63) is 88.5 Å². The zero-order chi connectivity index (χ0) is 32.2. The summed E-state index contributed by atoms with van der Waals surface area (Å²) in [5.41, 5.74) is 9.04. The number of nitrogens with zero attached hydrogens (tertiary/aromatic N) is 7. The summed E-state index contributed by atoms with van der Waals surface area (Å²) in [4.78, 5) is 39.2. The Hall–Kier alpha value is -6.16. The second-order valence-corrected chi connectivity index (χ2v) is 11.6. The number of hydrogen-bond acceptors (Lipinski definition) is 9. The highest BCUT2D eigenvalue weighted by Gasteiger charge is 2.35. The third-order valence-electron chi connectivity index (χ3n) is 7.74. The Bertz CT molecular complexity index is 2310. The van der Waals surface area contributed by atoms with Crippen molar-refractivity contribution in [2.24, 2.45) is 0 Å². The van der Waals surface area contributed by atoms with Gasteiger partial charge >= 0.3 is 0 Å². The second-order valence-electron chi connectivity index (χ2n) is 11.6. The topological polar surface area (TPSA) is 168 Å². The maximum Gasteiger partial charge on any atom is 0.282 e. The van der Waals surface area contributed by atoms with Crippen LogP contribution in [0, 0.1) is 11.8 Å². The molecule has 6 aromatic rings. The molecular formula is C33H29N9O4. The first kappa shape index (κ1) is 28.6. The Morgan fingerprint density at radius 1 is 1.13 bits per heavy atom. The Kier molecular flexibility index (Phi) is 6.70. The summed E-state index contributed by atoms with van der Waals surface area (Å²) >= 11 is 0. The second kappa shape index (κ2) is 10.8. The minimum Gasteiger partial charge on any atom is -0.504 e. The lowest BCUT2D eigenvalue weighted by Gasteiger charge is -2.16. The van der Waals surface area contributed by atoms with Crippen LogP contribution in [0.1, 0.15) is 37.7 Å². The molecule has 0 atom stereocenters. The number of hydrogen-bond donors (Lipinski definition) is 3. The van der Waals surface area contributed by atoms with E-state index in [1.54, 1.807) is 52.1 Å². The van der Waals surface area contributed by atoms with Gasteiger partial charge in [0, 0.05) is 42.4 Å². The lowest BCUT2D eigenvalue weighted by atomic mass is 9.95. The van der Waals surface area contributed by atoms with Gasteiger partial charge < -0.3 is 20.9 Å². The van der Waals surface area contributed by atoms with E-state index in [2.05, 4.69) is 27.1 Å². The van der Waals surface area contributed by atoms with Gasteiger partial charge in [-0.25, -0.2) is 19.6 Å². The monoisotopic (exact) mass is 615 g/mol. The summed E-state index contributed by atoms with van der Waals surface area (Å²) in [5, 5.41) is 19.0. The number of ether oxygens (including phenoxy) is 1. The van der Waals surface area contributed by atoms with Gasteiger partial charge in [-0.05, 0) is 50.2 Å². The predicted octanol–water partition coefficient (Wildman–Crippen LogP) is 2.85. The Morgan fingerprint density at radius 3 is 2.72 bits per heavy atom. The molecule has 5 heterocycles. The van der Waals surface area contributed by atoms with Gasteiger partial charge in [0.15, 0.2) is 23.0 Å². The average molecular weight is 616 g/mol. The summed E-state index contributed by atoms with van der Waals surface area (Å²) < 4.78 is 10.8. The molecule has 4 aromatic heterocycles. The van der Waals surface area contributed by atoms with Crippen LogP contribution >= 0.6 is 0 Å². The standard InChI is InChI=1S/C33H29N9O4/c1-19(43)35-13-7-9-20-8-6-10-23-26(20)32(45)42(40-14-4-5-15-40)25(38-23)17-41-31-27(30(34)36-18-37-31)28(39-41)21-11-12-24(44)29-22(21)16-33(2,3)46-29/h4-6,8,10-12,14-15,18,44H,13,16-17H2,1-3H3,(H,35,43)(H2,34,36,37). The molecule has 2 aromatic carbocycles. The van der Waals surface area contributed by atoms with Gasteiger partial charge in [-0.15, -0.1) is 0 Å². The molecule has 4 N–H and O–H groups in total. The number of nitrogens with two attached hydrogens (primary N) is 1. The molecule has 13 heteroatoms. The number of benzene rings is 2. The number of fused-ring (bicyclic) bond motifs is 3. The van der Waals surface area contributed by atoms with Gasteiger partial charge in [0.2, 0.25) is 5.91 Å². The van der Waals surface area contributed by atoms with Crippen molar-refractivity contribution in [3.63, 3.8) is 0 Å². The number of aromatic nitrogens is 7. The van der Waals surface area contributed by atoms with E-state index in [-0.39, 0.29) is 36.1 Å². The van der Waals surface area contributed by atoms with E-state index in [9.17, 15) is 14.7 Å². The number of carbonyl (C=O) groups is 1. The van der Waals surface area contributed by atoms with E-state index >= 15 is 0 Å². The fraction of sp³-hybridized carbons (Fsp3) is 0.212. The summed E-state index contributed by atoms with van der Waals surface area (Å²) in [7, 11) is 0. The number of phenols is 1. The van der Waals surface area contributed by atoms with Crippen molar-refractivity contribution >= 4 is 33.7 Å². The maximum absolute atomic E-state index is 14.2. The molecule has 0 unspecified atom stereocenters. The normalized spacial score (nSPS) is 13.3. The van der Waals surface area contributed by atoms with Crippen LogP contribution in [-0.2, 0) is 17.8 Å². The smallest absolute Gasteiger partial charge is 0.282 e. The molecule has 1 aliphatic heterocycles. The highest BCUT2D eigenvalue weighted by Crippen LogP contribution is 2.47. The first-order valence-electron chi connectivity index (χ1n) is 14.5. The molecule has 13 nitrogen and oxygen atoms in total. The van der Waals surface area contributed by atoms with Crippen molar-refractivity contribution in [2.45, 2.75) is 39.3 Å². The molecule has 0 radical (unpaired) electrons. The first-order valence-corrected chi connectivity index (χ1v) is 14.5. The lowest BCUT2D eigenvalue weighted by molar-refractivity contribution is -0.118. The molecule has 0 aliphatic carbocycles. The summed E-state index contributed by atoms with van der Waals surface area (Å²) in [5.74, 6) is 6.79. The van der Waals surface area contributed by atoms with E-state index < -0.39 is 5.60 Å². The quantitative estimate of drug-likeness (QED) is 0.247. The van der Waals surface area contributed by atoms with Gasteiger partial charge in [0.25, 0.3) is 5.56 Å². The number of nitrogens with one attached hydrogen (secondary N) is 1. The number of phenolic OH excluding ortho intramolecular Hbond substituents is 1. The molecule has 230 valence electrons. The van der Waals surface area contributed by atoms with Crippen molar-refractivity contribution < 1.29 is 14.6 Å². The summed E-state index contributed by atoms with van der Waals surface area (Å²) in [6.07, 6.45) is 5.41. The molecule has 0 fully saturated rings. The average Bonchev–Trinajstić information content (AvgIpc) is 3.74. The van der Waals surface area contributed by atoms with Crippen LogP contribution in [0.5, 0.6) is 11.5 Å². The molecular weight excluding hydrogens is 586 g/mol. The van der Waals surface area contributed by atoms with E-state index in [0.29, 0.717) is 51.2 Å². The fourth-order valence-electron chi connectivity index (χ4n) is 5.81. The third-order valence-corrected chi connectivity index (χ3v) is 7.74. The van der Waals surface area contributed by atoms with Crippen LogP contribution in [0.25, 0.3) is 33.2 Å². The van der Waals surface area contributed by atoms with Crippen molar-refractivity contribution in [1.29, 1.82) is 0 Å². The van der Waals surface area contributed by atoms with Crippen molar-refractivity contribution in [2.75, 3.05) is 12.3 Å². The maximum atomic E-state index is 14.2. The van der Waals surface area contributed by atoms with Crippen LogP contribution in [0.2, 0.25) is 0 Å². The Balaban J connectivity index is 1.41. The summed E-state index contributed by atoms with van der Waals surface area (Å²) in [6.45, 7) is 5.53. The number of aromatic hydroxyl groups is 1. The SMILES string of the molecule is CC(=O)NCC#Cc1cccc2nc(Cn3nc(-c4ccc(O)c5c4CC(C)(C)O5)c4c(N)ncnc43)n(-n3cccc3)c(=O)c12. The highest BCUT2D eigenvalue weighted by molar-refractivity contribution is 5.99. The van der Waals surface area contributed by atoms with Crippen LogP contribution in [0.15, 0.2) is 66.0 Å². The fourth-order valence-corrected chi connectivity index (χ4v) is 5.81. The Labute approximate surface area is 262 Å². The predicted molar refractivity (Wildman–Crippen MR) is 171 cm³/mol. The number of rotatable bonds is 5. The number of amides is 1. The van der Waals surface area contributed by atoms with Gasteiger partial charge in [0.1, 0.15) is 30.0 Å². The van der Waals surface area contributed by atoms with Gasteiger partial charge in [-0.3, -0.25) is 14.3 Å². The number of anilines is 1.